The summed E-state index contributed by atoms with van der Waals surface area (Å²) in [6, 6.07) is 6.22. The second-order valence-electron chi connectivity index (χ2n) is 5.23. The molecule has 3 nitrogen and oxygen atoms in total. The fraction of sp³-hybridized carbons (Fsp3) is 0.600. The second kappa shape index (κ2) is 6.60. The summed E-state index contributed by atoms with van der Waals surface area (Å²) in [5.41, 5.74) is 1.03. The Balaban J connectivity index is 1.98. The summed E-state index contributed by atoms with van der Waals surface area (Å²) in [6.45, 7) is 4.98. The van der Waals surface area contributed by atoms with Crippen LogP contribution in [-0.2, 0) is 11.3 Å². The van der Waals surface area contributed by atoms with Gasteiger partial charge in [-0.15, -0.1) is 0 Å². The zero-order chi connectivity index (χ0) is 13.8. The minimum Gasteiger partial charge on any atom is -0.496 e. The molecule has 0 spiro atoms. The lowest BCUT2D eigenvalue weighted by Gasteiger charge is -2.32. The summed E-state index contributed by atoms with van der Waals surface area (Å²) >= 11 is 6.24. The van der Waals surface area contributed by atoms with Gasteiger partial charge in [0.25, 0.3) is 0 Å². The van der Waals surface area contributed by atoms with Crippen molar-refractivity contribution >= 4 is 11.6 Å². The second-order valence-corrected chi connectivity index (χ2v) is 5.63. The highest BCUT2D eigenvalue weighted by Gasteiger charge is 2.24. The number of benzene rings is 1. The molecule has 0 saturated carbocycles. The number of methoxy groups -OCH3 is 1. The van der Waals surface area contributed by atoms with Crippen LogP contribution in [0.3, 0.4) is 0 Å². The van der Waals surface area contributed by atoms with Gasteiger partial charge in [-0.05, 0) is 38.8 Å². The number of hydrogen-bond donors (Lipinski definition) is 1. The van der Waals surface area contributed by atoms with Crippen molar-refractivity contribution in [3.8, 4) is 5.75 Å². The first-order valence-electron chi connectivity index (χ1n) is 6.80. The van der Waals surface area contributed by atoms with Gasteiger partial charge in [-0.3, -0.25) is 0 Å². The van der Waals surface area contributed by atoms with Gasteiger partial charge in [0.1, 0.15) is 5.75 Å². The van der Waals surface area contributed by atoms with Gasteiger partial charge in [0.05, 0.1) is 19.3 Å². The Bertz CT molecular complexity index is 415. The minimum atomic E-state index is 0.314. The quantitative estimate of drug-likeness (QED) is 0.919. The van der Waals surface area contributed by atoms with E-state index in [0.717, 1.165) is 35.7 Å². The lowest BCUT2D eigenvalue weighted by atomic mass is 9.99. The van der Waals surface area contributed by atoms with E-state index < -0.39 is 0 Å². The average molecular weight is 284 g/mol. The van der Waals surface area contributed by atoms with Gasteiger partial charge in [-0.1, -0.05) is 17.7 Å². The normalized spacial score (nSPS) is 27.3. The summed E-state index contributed by atoms with van der Waals surface area (Å²) in [5.74, 6) is 0.841. The van der Waals surface area contributed by atoms with E-state index in [0.29, 0.717) is 18.2 Å². The van der Waals surface area contributed by atoms with E-state index in [1.807, 2.05) is 18.2 Å². The van der Waals surface area contributed by atoms with Gasteiger partial charge < -0.3 is 14.8 Å². The molecular weight excluding hydrogens is 262 g/mol. The Hall–Kier alpha value is -0.770. The maximum atomic E-state index is 6.24. The summed E-state index contributed by atoms with van der Waals surface area (Å²) in [5, 5.41) is 4.32. The van der Waals surface area contributed by atoms with Gasteiger partial charge in [0, 0.05) is 23.2 Å². The molecule has 106 valence electrons. The van der Waals surface area contributed by atoms with Crippen molar-refractivity contribution in [1.29, 1.82) is 0 Å². The van der Waals surface area contributed by atoms with Crippen LogP contribution in [0.2, 0.25) is 5.02 Å². The van der Waals surface area contributed by atoms with E-state index in [1.165, 1.54) is 0 Å². The third-order valence-electron chi connectivity index (χ3n) is 3.56. The first-order chi connectivity index (χ1) is 9.10. The molecule has 2 rings (SSSR count). The van der Waals surface area contributed by atoms with Crippen molar-refractivity contribution in [2.75, 3.05) is 7.11 Å². The van der Waals surface area contributed by atoms with Crippen molar-refractivity contribution in [3.05, 3.63) is 28.8 Å². The standard InChI is InChI=1S/C15H22ClNO2/c1-10-7-12(8-11(2)19-10)17-9-13-14(16)5-4-6-15(13)18-3/h4-6,10-12,17H,7-9H2,1-3H3. The van der Waals surface area contributed by atoms with E-state index >= 15 is 0 Å². The van der Waals surface area contributed by atoms with Crippen molar-refractivity contribution in [3.63, 3.8) is 0 Å². The van der Waals surface area contributed by atoms with Crippen LogP contribution in [0.15, 0.2) is 18.2 Å². The predicted molar refractivity (Wildman–Crippen MR) is 77.9 cm³/mol. The largest absolute Gasteiger partial charge is 0.496 e. The Kier molecular flexibility index (Phi) is 5.08. The number of halogens is 1. The van der Waals surface area contributed by atoms with E-state index in [2.05, 4.69) is 19.2 Å². The number of hydrogen-bond acceptors (Lipinski definition) is 3. The zero-order valence-electron chi connectivity index (χ0n) is 11.8. The lowest BCUT2D eigenvalue weighted by molar-refractivity contribution is -0.0423. The van der Waals surface area contributed by atoms with Crippen LogP contribution < -0.4 is 10.1 Å². The van der Waals surface area contributed by atoms with Crippen molar-refractivity contribution in [1.82, 2.24) is 5.32 Å². The van der Waals surface area contributed by atoms with Crippen molar-refractivity contribution in [2.24, 2.45) is 0 Å². The molecule has 2 atom stereocenters. The molecule has 1 aliphatic rings. The van der Waals surface area contributed by atoms with Crippen LogP contribution in [0, 0.1) is 0 Å². The molecule has 1 N–H and O–H groups in total. The fourth-order valence-corrected chi connectivity index (χ4v) is 2.95. The molecule has 0 radical (unpaired) electrons. The summed E-state index contributed by atoms with van der Waals surface area (Å²) in [7, 11) is 1.67. The molecule has 1 aromatic rings. The van der Waals surface area contributed by atoms with Crippen LogP contribution in [0.25, 0.3) is 0 Å². The lowest BCUT2D eigenvalue weighted by Crippen LogP contribution is -2.41. The van der Waals surface area contributed by atoms with Crippen LogP contribution in [0.4, 0.5) is 0 Å². The number of ether oxygens (including phenoxy) is 2. The highest BCUT2D eigenvalue weighted by molar-refractivity contribution is 6.31. The molecule has 1 saturated heterocycles. The molecule has 0 aromatic heterocycles. The molecule has 19 heavy (non-hydrogen) atoms. The Morgan fingerprint density at radius 2 is 2.00 bits per heavy atom. The first kappa shape index (κ1) is 14.6. The highest BCUT2D eigenvalue weighted by atomic mass is 35.5. The Labute approximate surface area is 120 Å². The molecule has 0 amide bonds. The zero-order valence-corrected chi connectivity index (χ0v) is 12.5. The molecule has 1 aromatic carbocycles. The maximum absolute atomic E-state index is 6.24. The van der Waals surface area contributed by atoms with Crippen LogP contribution in [0.5, 0.6) is 5.75 Å². The Morgan fingerprint density at radius 3 is 2.63 bits per heavy atom. The van der Waals surface area contributed by atoms with Crippen LogP contribution >= 0.6 is 11.6 Å². The molecule has 0 bridgehead atoms. The third-order valence-corrected chi connectivity index (χ3v) is 3.91. The van der Waals surface area contributed by atoms with E-state index in [-0.39, 0.29) is 0 Å². The monoisotopic (exact) mass is 283 g/mol. The van der Waals surface area contributed by atoms with Gasteiger partial charge in [-0.25, -0.2) is 0 Å². The number of rotatable bonds is 4. The highest BCUT2D eigenvalue weighted by Crippen LogP contribution is 2.27. The SMILES string of the molecule is COc1cccc(Cl)c1CNC1CC(C)OC(C)C1. The van der Waals surface area contributed by atoms with Crippen molar-refractivity contribution in [2.45, 2.75) is 51.5 Å². The van der Waals surface area contributed by atoms with Crippen LogP contribution in [-0.4, -0.2) is 25.4 Å². The average Bonchev–Trinajstić information content (AvgIpc) is 2.36. The first-order valence-corrected chi connectivity index (χ1v) is 7.18. The van der Waals surface area contributed by atoms with E-state index in [4.69, 9.17) is 21.1 Å². The maximum Gasteiger partial charge on any atom is 0.124 e. The molecule has 2 unspecified atom stereocenters. The van der Waals surface area contributed by atoms with E-state index in [1.54, 1.807) is 7.11 Å². The number of nitrogens with one attached hydrogen (secondary N) is 1. The van der Waals surface area contributed by atoms with Gasteiger partial charge >= 0.3 is 0 Å². The molecule has 1 aliphatic heterocycles. The fourth-order valence-electron chi connectivity index (χ4n) is 2.72. The van der Waals surface area contributed by atoms with Crippen LogP contribution in [0.1, 0.15) is 32.3 Å². The van der Waals surface area contributed by atoms with Crippen molar-refractivity contribution < 1.29 is 9.47 Å². The third kappa shape index (κ3) is 3.85. The topological polar surface area (TPSA) is 30.5 Å². The summed E-state index contributed by atoms with van der Waals surface area (Å²) in [6.07, 6.45) is 2.71. The summed E-state index contributed by atoms with van der Waals surface area (Å²) in [4.78, 5) is 0. The van der Waals surface area contributed by atoms with Gasteiger partial charge in [-0.2, -0.15) is 0 Å². The molecule has 1 heterocycles. The van der Waals surface area contributed by atoms with Gasteiger partial charge in [0.2, 0.25) is 0 Å². The smallest absolute Gasteiger partial charge is 0.124 e. The summed E-state index contributed by atoms with van der Waals surface area (Å²) < 4.78 is 11.1. The van der Waals surface area contributed by atoms with E-state index in [9.17, 15) is 0 Å². The Morgan fingerprint density at radius 1 is 1.32 bits per heavy atom. The molecule has 1 fully saturated rings. The molecule has 4 heteroatoms. The predicted octanol–water partition coefficient (Wildman–Crippen LogP) is 3.39. The molecule has 0 aliphatic carbocycles. The molecular formula is C15H22ClNO2. The van der Waals surface area contributed by atoms with Gasteiger partial charge in [0.15, 0.2) is 0 Å². The minimum absolute atomic E-state index is 0.314.